The van der Waals surface area contributed by atoms with Gasteiger partial charge in [-0.05, 0) is 39.7 Å². The van der Waals surface area contributed by atoms with Crippen LogP contribution in [0.25, 0.3) is 0 Å². The maximum absolute atomic E-state index is 11.4. The van der Waals surface area contributed by atoms with Crippen molar-refractivity contribution in [2.45, 2.75) is 51.6 Å². The van der Waals surface area contributed by atoms with Crippen molar-refractivity contribution < 1.29 is 8.42 Å². The van der Waals surface area contributed by atoms with E-state index in [1.807, 2.05) is 13.8 Å². The van der Waals surface area contributed by atoms with Gasteiger partial charge in [0.2, 0.25) is 10.0 Å². The molecule has 3 N–H and O–H groups in total. The first kappa shape index (κ1) is 23.9. The molecule has 1 saturated heterocycles. The van der Waals surface area contributed by atoms with Crippen LogP contribution in [0.5, 0.6) is 0 Å². The summed E-state index contributed by atoms with van der Waals surface area (Å²) in [4.78, 5) is 6.73. The van der Waals surface area contributed by atoms with Gasteiger partial charge >= 0.3 is 0 Å². The molecule has 1 rings (SSSR count). The highest BCUT2D eigenvalue weighted by Gasteiger charge is 2.23. The van der Waals surface area contributed by atoms with Gasteiger partial charge in [0.1, 0.15) is 0 Å². The Morgan fingerprint density at radius 2 is 1.88 bits per heavy atom. The van der Waals surface area contributed by atoms with E-state index in [0.717, 1.165) is 31.9 Å². The lowest BCUT2D eigenvalue weighted by Gasteiger charge is -2.33. The summed E-state index contributed by atoms with van der Waals surface area (Å²) in [5, 5.41) is 6.65. The Kier molecular flexibility index (Phi) is 10.7. The number of aliphatic imine (C=N–C) groups is 1. The van der Waals surface area contributed by atoms with E-state index in [9.17, 15) is 8.42 Å². The van der Waals surface area contributed by atoms with E-state index in [2.05, 4.69) is 32.2 Å². The number of hydrogen-bond acceptors (Lipinski definition) is 4. The lowest BCUT2D eigenvalue weighted by atomic mass is 10.0. The molecular formula is C15H34IN5O2S. The number of nitrogens with zero attached hydrogens (tertiary/aromatic N) is 2. The minimum Gasteiger partial charge on any atom is -0.355 e. The smallest absolute Gasteiger partial charge is 0.209 e. The first-order chi connectivity index (χ1) is 10.6. The molecule has 1 aliphatic heterocycles. The van der Waals surface area contributed by atoms with Gasteiger partial charge in [0, 0.05) is 38.3 Å². The normalized spacial score (nSPS) is 18.1. The zero-order valence-corrected chi connectivity index (χ0v) is 18.7. The van der Waals surface area contributed by atoms with Crippen LogP contribution < -0.4 is 15.4 Å². The number of halogens is 1. The number of hydrogen-bond donors (Lipinski definition) is 3. The summed E-state index contributed by atoms with van der Waals surface area (Å²) in [7, 11) is -1.50. The number of nitrogens with one attached hydrogen (secondary N) is 3. The molecule has 1 heterocycles. The second-order valence-corrected chi connectivity index (χ2v) is 8.69. The van der Waals surface area contributed by atoms with Gasteiger partial charge in [-0.3, -0.25) is 4.99 Å². The third kappa shape index (κ3) is 10.00. The van der Waals surface area contributed by atoms with Crippen LogP contribution in [0, 0.1) is 0 Å². The van der Waals surface area contributed by atoms with Gasteiger partial charge in [-0.25, -0.2) is 13.1 Å². The van der Waals surface area contributed by atoms with E-state index < -0.39 is 15.6 Å². The fourth-order valence-corrected chi connectivity index (χ4v) is 3.92. The first-order valence-electron chi connectivity index (χ1n) is 8.33. The average Bonchev–Trinajstić information content (AvgIpc) is 2.43. The summed E-state index contributed by atoms with van der Waals surface area (Å²) in [6, 6.07) is 0.417. The molecule has 9 heteroatoms. The van der Waals surface area contributed by atoms with E-state index in [1.165, 1.54) is 19.2 Å². The molecule has 1 aliphatic rings. The van der Waals surface area contributed by atoms with Crippen LogP contribution in [0.1, 0.15) is 40.0 Å². The molecule has 0 aliphatic carbocycles. The van der Waals surface area contributed by atoms with Crippen molar-refractivity contribution in [3.63, 3.8) is 0 Å². The summed E-state index contributed by atoms with van der Waals surface area (Å²) in [5.41, 5.74) is -0.574. The molecule has 24 heavy (non-hydrogen) atoms. The average molecular weight is 475 g/mol. The lowest BCUT2D eigenvalue weighted by Crippen LogP contribution is -2.55. The van der Waals surface area contributed by atoms with Crippen molar-refractivity contribution in [1.82, 2.24) is 20.3 Å². The quantitative estimate of drug-likeness (QED) is 0.290. The molecule has 0 unspecified atom stereocenters. The van der Waals surface area contributed by atoms with Crippen LogP contribution in [-0.2, 0) is 10.0 Å². The van der Waals surface area contributed by atoms with E-state index >= 15 is 0 Å². The molecule has 0 atom stereocenters. The third-order valence-corrected chi connectivity index (χ3v) is 4.77. The Morgan fingerprint density at radius 1 is 1.29 bits per heavy atom. The Hall–Kier alpha value is -0.130. The minimum absolute atomic E-state index is 0. The standard InChI is InChI=1S/C15H33N5O2S.HI/c1-6-9-20-10-7-13(8-11-20)18-14(16-4)17-12-15(2,3)19-23(5,21)22;/h13,19H,6-12H2,1-5H3,(H2,16,17,18);1H. The molecule has 0 aromatic carbocycles. The molecule has 0 radical (unpaired) electrons. The number of guanidine groups is 1. The van der Waals surface area contributed by atoms with Gasteiger partial charge in [0.05, 0.1) is 6.26 Å². The Labute approximate surface area is 164 Å². The van der Waals surface area contributed by atoms with Gasteiger partial charge in [0.15, 0.2) is 5.96 Å². The zero-order valence-electron chi connectivity index (χ0n) is 15.6. The van der Waals surface area contributed by atoms with Crippen LogP contribution in [0.15, 0.2) is 4.99 Å². The Morgan fingerprint density at radius 3 is 2.33 bits per heavy atom. The molecule has 7 nitrogen and oxygen atoms in total. The van der Waals surface area contributed by atoms with Crippen LogP contribution in [0.2, 0.25) is 0 Å². The molecular weight excluding hydrogens is 441 g/mol. The Balaban J connectivity index is 0.00000529. The summed E-state index contributed by atoms with van der Waals surface area (Å²) in [6.45, 7) is 9.77. The lowest BCUT2D eigenvalue weighted by molar-refractivity contribution is 0.206. The van der Waals surface area contributed by atoms with Gasteiger partial charge in [-0.1, -0.05) is 6.92 Å². The van der Waals surface area contributed by atoms with Crippen molar-refractivity contribution in [2.75, 3.05) is 39.5 Å². The van der Waals surface area contributed by atoms with Crippen molar-refractivity contribution >= 4 is 40.0 Å². The van der Waals surface area contributed by atoms with Crippen LogP contribution in [0.3, 0.4) is 0 Å². The summed E-state index contributed by atoms with van der Waals surface area (Å²) in [5.74, 6) is 0.724. The van der Waals surface area contributed by atoms with Crippen molar-refractivity contribution in [3.8, 4) is 0 Å². The van der Waals surface area contributed by atoms with E-state index in [4.69, 9.17) is 0 Å². The molecule has 0 saturated carbocycles. The fraction of sp³-hybridized carbons (Fsp3) is 0.933. The third-order valence-electron chi connectivity index (χ3n) is 3.85. The number of sulfonamides is 1. The second kappa shape index (κ2) is 10.8. The zero-order chi connectivity index (χ0) is 17.5. The molecule has 0 spiro atoms. The molecule has 144 valence electrons. The first-order valence-corrected chi connectivity index (χ1v) is 10.2. The largest absolute Gasteiger partial charge is 0.355 e. The maximum atomic E-state index is 11.4. The highest BCUT2D eigenvalue weighted by atomic mass is 127. The molecule has 1 fully saturated rings. The maximum Gasteiger partial charge on any atom is 0.209 e. The fourth-order valence-electron chi connectivity index (χ4n) is 2.85. The minimum atomic E-state index is -3.23. The monoisotopic (exact) mass is 475 g/mol. The summed E-state index contributed by atoms with van der Waals surface area (Å²) < 4.78 is 25.4. The summed E-state index contributed by atoms with van der Waals surface area (Å²) in [6.07, 6.45) is 4.58. The topological polar surface area (TPSA) is 85.8 Å². The van der Waals surface area contributed by atoms with E-state index in [0.29, 0.717) is 12.6 Å². The Bertz CT molecular complexity index is 488. The van der Waals surface area contributed by atoms with Crippen LogP contribution in [-0.4, -0.2) is 70.3 Å². The number of rotatable bonds is 7. The molecule has 0 aromatic rings. The van der Waals surface area contributed by atoms with Crippen LogP contribution in [0.4, 0.5) is 0 Å². The van der Waals surface area contributed by atoms with Gasteiger partial charge < -0.3 is 15.5 Å². The predicted molar refractivity (Wildman–Crippen MR) is 112 cm³/mol. The highest BCUT2D eigenvalue weighted by molar-refractivity contribution is 14.0. The van der Waals surface area contributed by atoms with Crippen LogP contribution >= 0.6 is 24.0 Å². The van der Waals surface area contributed by atoms with Gasteiger partial charge in [0.25, 0.3) is 0 Å². The second-order valence-electron chi connectivity index (χ2n) is 6.94. The predicted octanol–water partition coefficient (Wildman–Crippen LogP) is 0.972. The molecule has 0 aromatic heterocycles. The number of likely N-dealkylation sites (tertiary alicyclic amines) is 1. The highest BCUT2D eigenvalue weighted by Crippen LogP contribution is 2.10. The van der Waals surface area contributed by atoms with Crippen molar-refractivity contribution in [1.29, 1.82) is 0 Å². The van der Waals surface area contributed by atoms with Crippen molar-refractivity contribution in [2.24, 2.45) is 4.99 Å². The van der Waals surface area contributed by atoms with E-state index in [-0.39, 0.29) is 24.0 Å². The van der Waals surface area contributed by atoms with Crippen molar-refractivity contribution in [3.05, 3.63) is 0 Å². The van der Waals surface area contributed by atoms with E-state index in [1.54, 1.807) is 7.05 Å². The SMILES string of the molecule is CCCN1CCC(NC(=NC)NCC(C)(C)NS(C)(=O)=O)CC1.I. The summed E-state index contributed by atoms with van der Waals surface area (Å²) >= 11 is 0. The van der Waals surface area contributed by atoms with Gasteiger partial charge in [-0.15, -0.1) is 24.0 Å². The number of piperidine rings is 1. The van der Waals surface area contributed by atoms with Gasteiger partial charge in [-0.2, -0.15) is 0 Å². The molecule has 0 amide bonds. The molecule has 0 bridgehead atoms.